The van der Waals surface area contributed by atoms with Crippen LogP contribution in [0.4, 0.5) is 4.39 Å². The van der Waals surface area contributed by atoms with Gasteiger partial charge in [0, 0.05) is 30.7 Å². The molecule has 1 heterocycles. The zero-order valence-electron chi connectivity index (χ0n) is 9.98. The van der Waals surface area contributed by atoms with E-state index in [-0.39, 0.29) is 11.7 Å². The van der Waals surface area contributed by atoms with E-state index in [0.717, 1.165) is 10.9 Å². The van der Waals surface area contributed by atoms with Gasteiger partial charge in [-0.05, 0) is 31.2 Å². The number of hydrogen-bond acceptors (Lipinski definition) is 1. The first-order valence-corrected chi connectivity index (χ1v) is 5.60. The average molecular weight is 234 g/mol. The molecule has 0 spiro atoms. The molecule has 0 aliphatic rings. The van der Waals surface area contributed by atoms with Crippen LogP contribution in [-0.4, -0.2) is 29.0 Å². The van der Waals surface area contributed by atoms with Gasteiger partial charge in [0.05, 0.1) is 0 Å². The number of rotatable bonds is 3. The minimum atomic E-state index is -0.257. The molecule has 1 amide bonds. The fraction of sp³-hybridized carbons (Fsp3) is 0.308. The fourth-order valence-corrected chi connectivity index (χ4v) is 1.75. The molecule has 0 saturated heterocycles. The van der Waals surface area contributed by atoms with E-state index in [4.69, 9.17) is 0 Å². The predicted octanol–water partition coefficient (Wildman–Crippen LogP) is 2.26. The average Bonchev–Trinajstić information content (AvgIpc) is 2.70. The van der Waals surface area contributed by atoms with Crippen molar-refractivity contribution in [1.29, 1.82) is 0 Å². The third kappa shape index (κ3) is 2.30. The van der Waals surface area contributed by atoms with E-state index in [1.54, 1.807) is 18.0 Å². The molecule has 17 heavy (non-hydrogen) atoms. The Morgan fingerprint density at radius 1 is 1.41 bits per heavy atom. The van der Waals surface area contributed by atoms with Crippen molar-refractivity contribution in [3.63, 3.8) is 0 Å². The number of hydrogen-bond donors (Lipinski definition) is 0. The molecule has 0 saturated carbocycles. The van der Waals surface area contributed by atoms with Crippen LogP contribution in [0.5, 0.6) is 0 Å². The van der Waals surface area contributed by atoms with Crippen molar-refractivity contribution in [2.24, 2.45) is 0 Å². The van der Waals surface area contributed by atoms with Crippen molar-refractivity contribution in [1.82, 2.24) is 9.47 Å². The van der Waals surface area contributed by atoms with Gasteiger partial charge in [0.1, 0.15) is 12.4 Å². The summed E-state index contributed by atoms with van der Waals surface area (Å²) in [6.45, 7) is 2.91. The van der Waals surface area contributed by atoms with Crippen molar-refractivity contribution >= 4 is 16.8 Å². The van der Waals surface area contributed by atoms with Gasteiger partial charge in [-0.25, -0.2) is 4.39 Å². The Bertz CT molecular complexity index is 547. The Kier molecular flexibility index (Phi) is 3.13. The van der Waals surface area contributed by atoms with Crippen LogP contribution in [0.1, 0.15) is 6.92 Å². The summed E-state index contributed by atoms with van der Waals surface area (Å²) in [4.78, 5) is 13.4. The summed E-state index contributed by atoms with van der Waals surface area (Å²) in [6, 6.07) is 6.40. The second-order valence-electron chi connectivity index (χ2n) is 4.05. The minimum absolute atomic E-state index is 0.0503. The van der Waals surface area contributed by atoms with Gasteiger partial charge in [-0.1, -0.05) is 0 Å². The molecular weight excluding hydrogens is 219 g/mol. The van der Waals surface area contributed by atoms with E-state index in [1.807, 2.05) is 23.8 Å². The molecule has 0 fully saturated rings. The standard InChI is InChI=1S/C13H15FN2O/c1-3-15(2)13(17)9-16-7-6-10-8-11(14)4-5-12(10)16/h4-8H,3,9H2,1-2H3. The molecule has 90 valence electrons. The van der Waals surface area contributed by atoms with E-state index in [0.29, 0.717) is 13.1 Å². The predicted molar refractivity (Wildman–Crippen MR) is 65.2 cm³/mol. The topological polar surface area (TPSA) is 25.2 Å². The van der Waals surface area contributed by atoms with E-state index >= 15 is 0 Å². The zero-order valence-corrected chi connectivity index (χ0v) is 9.98. The van der Waals surface area contributed by atoms with Crippen LogP contribution >= 0.6 is 0 Å². The second kappa shape index (κ2) is 4.57. The lowest BCUT2D eigenvalue weighted by atomic mass is 10.2. The summed E-state index contributed by atoms with van der Waals surface area (Å²) >= 11 is 0. The molecule has 0 aliphatic carbocycles. The van der Waals surface area contributed by atoms with Gasteiger partial charge in [-0.2, -0.15) is 0 Å². The Balaban J connectivity index is 2.28. The lowest BCUT2D eigenvalue weighted by Gasteiger charge is -2.15. The molecule has 0 bridgehead atoms. The largest absolute Gasteiger partial charge is 0.344 e. The summed E-state index contributed by atoms with van der Waals surface area (Å²) in [5.41, 5.74) is 0.879. The van der Waals surface area contributed by atoms with Crippen molar-refractivity contribution in [3.05, 3.63) is 36.3 Å². The highest BCUT2D eigenvalue weighted by Crippen LogP contribution is 2.17. The quantitative estimate of drug-likeness (QED) is 0.799. The molecule has 0 unspecified atom stereocenters. The van der Waals surface area contributed by atoms with Gasteiger partial charge in [-0.15, -0.1) is 0 Å². The van der Waals surface area contributed by atoms with Crippen LogP contribution in [0, 0.1) is 5.82 Å². The molecule has 0 radical (unpaired) electrons. The van der Waals surface area contributed by atoms with Gasteiger partial charge >= 0.3 is 0 Å². The number of halogens is 1. The van der Waals surface area contributed by atoms with Crippen LogP contribution in [0.3, 0.4) is 0 Å². The number of likely N-dealkylation sites (N-methyl/N-ethyl adjacent to an activating group) is 1. The zero-order chi connectivity index (χ0) is 12.4. The maximum Gasteiger partial charge on any atom is 0.242 e. The summed E-state index contributed by atoms with van der Waals surface area (Å²) in [5, 5.41) is 0.817. The summed E-state index contributed by atoms with van der Waals surface area (Å²) in [6.07, 6.45) is 1.81. The first kappa shape index (κ1) is 11.6. The molecule has 2 aromatic rings. The highest BCUT2D eigenvalue weighted by molar-refractivity contribution is 5.83. The van der Waals surface area contributed by atoms with Crippen LogP contribution in [-0.2, 0) is 11.3 Å². The maximum absolute atomic E-state index is 13.0. The number of carbonyl (C=O) groups is 1. The Hall–Kier alpha value is -1.84. The van der Waals surface area contributed by atoms with E-state index in [1.165, 1.54) is 12.1 Å². The van der Waals surface area contributed by atoms with Crippen molar-refractivity contribution < 1.29 is 9.18 Å². The smallest absolute Gasteiger partial charge is 0.242 e. The number of nitrogens with zero attached hydrogens (tertiary/aromatic N) is 2. The molecule has 0 aliphatic heterocycles. The Labute approximate surface area is 99.4 Å². The monoisotopic (exact) mass is 234 g/mol. The lowest BCUT2D eigenvalue weighted by molar-refractivity contribution is -0.130. The maximum atomic E-state index is 13.0. The first-order chi connectivity index (χ1) is 8.11. The molecule has 4 heteroatoms. The van der Waals surface area contributed by atoms with Crippen molar-refractivity contribution in [3.8, 4) is 0 Å². The van der Waals surface area contributed by atoms with Gasteiger partial charge in [0.15, 0.2) is 0 Å². The fourth-order valence-electron chi connectivity index (χ4n) is 1.75. The van der Waals surface area contributed by atoms with Gasteiger partial charge < -0.3 is 9.47 Å². The SMILES string of the molecule is CCN(C)C(=O)Cn1ccc2cc(F)ccc21. The summed E-state index contributed by atoms with van der Waals surface area (Å²) in [7, 11) is 1.77. The Morgan fingerprint density at radius 3 is 2.88 bits per heavy atom. The number of fused-ring (bicyclic) bond motifs is 1. The van der Waals surface area contributed by atoms with Crippen molar-refractivity contribution in [2.75, 3.05) is 13.6 Å². The number of benzene rings is 1. The van der Waals surface area contributed by atoms with Crippen LogP contribution in [0.2, 0.25) is 0 Å². The van der Waals surface area contributed by atoms with E-state index in [9.17, 15) is 9.18 Å². The van der Waals surface area contributed by atoms with Gasteiger partial charge in [0.25, 0.3) is 0 Å². The summed E-state index contributed by atoms with van der Waals surface area (Å²) in [5.74, 6) is -0.207. The van der Waals surface area contributed by atoms with E-state index in [2.05, 4.69) is 0 Å². The molecule has 0 atom stereocenters. The van der Waals surface area contributed by atoms with Crippen molar-refractivity contribution in [2.45, 2.75) is 13.5 Å². The molecule has 1 aromatic heterocycles. The second-order valence-corrected chi connectivity index (χ2v) is 4.05. The highest BCUT2D eigenvalue weighted by Gasteiger charge is 2.09. The Morgan fingerprint density at radius 2 is 2.18 bits per heavy atom. The van der Waals surface area contributed by atoms with Crippen LogP contribution in [0.25, 0.3) is 10.9 Å². The molecule has 2 rings (SSSR count). The first-order valence-electron chi connectivity index (χ1n) is 5.60. The molecule has 3 nitrogen and oxygen atoms in total. The highest BCUT2D eigenvalue weighted by atomic mass is 19.1. The van der Waals surface area contributed by atoms with Gasteiger partial charge in [-0.3, -0.25) is 4.79 Å². The normalized spacial score (nSPS) is 10.8. The molecule has 0 N–H and O–H groups in total. The molecule has 1 aromatic carbocycles. The van der Waals surface area contributed by atoms with Crippen LogP contribution in [0.15, 0.2) is 30.5 Å². The summed E-state index contributed by atoms with van der Waals surface area (Å²) < 4.78 is 14.8. The number of carbonyl (C=O) groups excluding carboxylic acids is 1. The third-order valence-corrected chi connectivity index (χ3v) is 2.94. The van der Waals surface area contributed by atoms with E-state index < -0.39 is 0 Å². The molecular formula is C13H15FN2O. The third-order valence-electron chi connectivity index (χ3n) is 2.94. The number of amides is 1. The van der Waals surface area contributed by atoms with Gasteiger partial charge in [0.2, 0.25) is 5.91 Å². The minimum Gasteiger partial charge on any atom is -0.344 e. The van der Waals surface area contributed by atoms with Crippen LogP contribution < -0.4 is 0 Å². The number of aromatic nitrogens is 1. The lowest BCUT2D eigenvalue weighted by Crippen LogP contribution is -2.29.